The Morgan fingerprint density at radius 1 is 1.03 bits per heavy atom. The number of rotatable bonds is 4. The van der Waals surface area contributed by atoms with E-state index in [4.69, 9.17) is 9.15 Å². The van der Waals surface area contributed by atoms with E-state index in [9.17, 15) is 12.8 Å². The van der Waals surface area contributed by atoms with Crippen LogP contribution in [0.4, 0.5) is 4.39 Å². The highest BCUT2D eigenvalue weighted by atomic mass is 32.2. The Bertz CT molecular complexity index is 1160. The van der Waals surface area contributed by atoms with Crippen molar-refractivity contribution in [1.82, 2.24) is 19.5 Å². The molecule has 0 saturated carbocycles. The molecule has 3 aromatic rings. The minimum Gasteiger partial charge on any atom is -0.420 e. The van der Waals surface area contributed by atoms with Crippen molar-refractivity contribution < 1.29 is 22.0 Å². The standard InChI is InChI=1S/C21H21FN4O4S/c22-16-1-3-17(4-2-16)31(27,28)26-13-18(21(14-26)7-11-29-12-8-21)20-25-24-19(30-20)15-5-9-23-10-6-15/h1-6,9-10,18H,7-8,11-14H2. The zero-order valence-corrected chi connectivity index (χ0v) is 17.5. The van der Waals surface area contributed by atoms with Crippen LogP contribution in [0.3, 0.4) is 0 Å². The van der Waals surface area contributed by atoms with Crippen molar-refractivity contribution in [2.45, 2.75) is 23.7 Å². The predicted molar refractivity (Wildman–Crippen MR) is 108 cm³/mol. The lowest BCUT2D eigenvalue weighted by Gasteiger charge is -2.36. The number of benzene rings is 1. The maximum atomic E-state index is 13.3. The van der Waals surface area contributed by atoms with Crippen LogP contribution in [0, 0.1) is 11.2 Å². The monoisotopic (exact) mass is 444 g/mol. The Morgan fingerprint density at radius 3 is 2.45 bits per heavy atom. The minimum absolute atomic E-state index is 0.0692. The SMILES string of the molecule is O=S(=O)(c1ccc(F)cc1)N1CC(c2nnc(-c3ccncc3)o2)C2(CCOCC2)C1. The first kappa shape index (κ1) is 20.2. The zero-order valence-electron chi connectivity index (χ0n) is 16.6. The fourth-order valence-electron chi connectivity index (χ4n) is 4.47. The molecule has 0 bridgehead atoms. The van der Waals surface area contributed by atoms with Gasteiger partial charge in [-0.05, 0) is 49.2 Å². The van der Waals surface area contributed by atoms with Gasteiger partial charge in [-0.3, -0.25) is 4.98 Å². The van der Waals surface area contributed by atoms with E-state index >= 15 is 0 Å². The van der Waals surface area contributed by atoms with Crippen LogP contribution in [0.25, 0.3) is 11.5 Å². The topological polar surface area (TPSA) is 98.4 Å². The molecule has 0 N–H and O–H groups in total. The molecule has 1 spiro atoms. The molecule has 1 unspecified atom stereocenters. The van der Waals surface area contributed by atoms with E-state index in [1.807, 2.05) is 0 Å². The largest absolute Gasteiger partial charge is 0.420 e. The van der Waals surface area contributed by atoms with Crippen LogP contribution in [0.5, 0.6) is 0 Å². The van der Waals surface area contributed by atoms with Crippen LogP contribution in [0.1, 0.15) is 24.7 Å². The number of aromatic nitrogens is 3. The quantitative estimate of drug-likeness (QED) is 0.610. The molecule has 0 aliphatic carbocycles. The van der Waals surface area contributed by atoms with Crippen molar-refractivity contribution in [3.63, 3.8) is 0 Å². The first-order valence-electron chi connectivity index (χ1n) is 10.1. The van der Waals surface area contributed by atoms with Gasteiger partial charge < -0.3 is 9.15 Å². The third-order valence-corrected chi connectivity index (χ3v) is 8.05. The molecule has 5 rings (SSSR count). The van der Waals surface area contributed by atoms with Gasteiger partial charge in [-0.25, -0.2) is 12.8 Å². The summed E-state index contributed by atoms with van der Waals surface area (Å²) in [5, 5.41) is 8.45. The summed E-state index contributed by atoms with van der Waals surface area (Å²) in [5.41, 5.74) is 0.400. The highest BCUT2D eigenvalue weighted by Gasteiger charge is 2.53. The molecule has 2 aromatic heterocycles. The number of sulfonamides is 1. The number of halogens is 1. The second kappa shape index (κ2) is 7.77. The van der Waals surface area contributed by atoms with Crippen molar-refractivity contribution in [1.29, 1.82) is 0 Å². The van der Waals surface area contributed by atoms with Crippen molar-refractivity contribution in [3.05, 3.63) is 60.5 Å². The molecule has 10 heteroatoms. The Balaban J connectivity index is 1.49. The summed E-state index contributed by atoms with van der Waals surface area (Å²) in [6.45, 7) is 1.64. The van der Waals surface area contributed by atoms with Crippen LogP contribution >= 0.6 is 0 Å². The Kier molecular flexibility index (Phi) is 5.07. The fraction of sp³-hybridized carbons (Fsp3) is 0.381. The van der Waals surface area contributed by atoms with Crippen molar-refractivity contribution >= 4 is 10.0 Å². The van der Waals surface area contributed by atoms with E-state index in [1.165, 1.54) is 16.4 Å². The van der Waals surface area contributed by atoms with Gasteiger partial charge >= 0.3 is 0 Å². The van der Waals surface area contributed by atoms with Gasteiger partial charge in [0.1, 0.15) is 5.82 Å². The smallest absolute Gasteiger partial charge is 0.247 e. The summed E-state index contributed by atoms with van der Waals surface area (Å²) < 4.78 is 52.9. The molecule has 31 heavy (non-hydrogen) atoms. The highest BCUT2D eigenvalue weighted by Crippen LogP contribution is 2.50. The molecule has 2 fully saturated rings. The molecule has 0 radical (unpaired) electrons. The number of hydrogen-bond acceptors (Lipinski definition) is 7. The Hall–Kier alpha value is -2.69. The van der Waals surface area contributed by atoms with Gasteiger partial charge in [0.2, 0.25) is 21.8 Å². The van der Waals surface area contributed by atoms with Crippen LogP contribution in [0.2, 0.25) is 0 Å². The second-order valence-corrected chi connectivity index (χ2v) is 9.90. The summed E-state index contributed by atoms with van der Waals surface area (Å²) in [5.74, 6) is 0.0633. The highest BCUT2D eigenvalue weighted by molar-refractivity contribution is 7.89. The first-order chi connectivity index (χ1) is 15.0. The molecule has 1 atom stereocenters. The predicted octanol–water partition coefficient (Wildman–Crippen LogP) is 2.86. The average molecular weight is 444 g/mol. The molecule has 8 nitrogen and oxygen atoms in total. The molecule has 0 amide bonds. The molecule has 2 saturated heterocycles. The van der Waals surface area contributed by atoms with E-state index < -0.39 is 15.8 Å². The lowest BCUT2D eigenvalue weighted by atomic mass is 9.72. The number of pyridine rings is 1. The molecular formula is C21H21FN4O4S. The summed E-state index contributed by atoms with van der Waals surface area (Å²) in [4.78, 5) is 4.06. The maximum absolute atomic E-state index is 13.3. The number of ether oxygens (including phenoxy) is 1. The van der Waals surface area contributed by atoms with Crippen LogP contribution in [0.15, 0.2) is 58.1 Å². The molecule has 162 valence electrons. The lowest BCUT2D eigenvalue weighted by molar-refractivity contribution is 0.0112. The minimum atomic E-state index is -3.79. The summed E-state index contributed by atoms with van der Waals surface area (Å²) in [6.07, 6.45) is 4.68. The third kappa shape index (κ3) is 3.64. The Labute approximate surface area is 179 Å². The van der Waals surface area contributed by atoms with Gasteiger partial charge in [0.15, 0.2) is 0 Å². The Morgan fingerprint density at radius 2 is 1.74 bits per heavy atom. The van der Waals surface area contributed by atoms with Crippen molar-refractivity contribution in [2.24, 2.45) is 5.41 Å². The lowest BCUT2D eigenvalue weighted by Crippen LogP contribution is -2.37. The van der Waals surface area contributed by atoms with E-state index in [0.717, 1.165) is 17.7 Å². The summed E-state index contributed by atoms with van der Waals surface area (Å²) in [6, 6.07) is 8.46. The summed E-state index contributed by atoms with van der Waals surface area (Å²) in [7, 11) is -3.79. The first-order valence-corrected chi connectivity index (χ1v) is 11.5. The average Bonchev–Trinajstić information content (AvgIpc) is 3.41. The van der Waals surface area contributed by atoms with E-state index in [0.29, 0.717) is 44.4 Å². The van der Waals surface area contributed by atoms with Gasteiger partial charge in [0.25, 0.3) is 0 Å². The molecule has 4 heterocycles. The van der Waals surface area contributed by atoms with Crippen LogP contribution in [-0.4, -0.2) is 54.2 Å². The van der Waals surface area contributed by atoms with Gasteiger partial charge in [-0.1, -0.05) is 0 Å². The molecule has 2 aliphatic heterocycles. The van der Waals surface area contributed by atoms with Gasteiger partial charge in [0, 0.05) is 49.7 Å². The molecular weight excluding hydrogens is 423 g/mol. The van der Waals surface area contributed by atoms with Gasteiger partial charge in [-0.15, -0.1) is 10.2 Å². The van der Waals surface area contributed by atoms with E-state index in [1.54, 1.807) is 24.5 Å². The number of hydrogen-bond donors (Lipinski definition) is 0. The molecule has 2 aliphatic rings. The van der Waals surface area contributed by atoms with Crippen LogP contribution in [-0.2, 0) is 14.8 Å². The third-order valence-electron chi connectivity index (χ3n) is 6.22. The fourth-order valence-corrected chi connectivity index (χ4v) is 6.02. The normalized spacial score (nSPS) is 21.5. The van der Waals surface area contributed by atoms with Crippen LogP contribution < -0.4 is 0 Å². The van der Waals surface area contributed by atoms with Crippen molar-refractivity contribution in [2.75, 3.05) is 26.3 Å². The maximum Gasteiger partial charge on any atom is 0.247 e. The number of nitrogens with zero attached hydrogens (tertiary/aromatic N) is 4. The van der Waals surface area contributed by atoms with Crippen molar-refractivity contribution in [3.8, 4) is 11.5 Å². The molecule has 1 aromatic carbocycles. The van der Waals surface area contributed by atoms with Gasteiger partial charge in [-0.2, -0.15) is 4.31 Å². The van der Waals surface area contributed by atoms with Gasteiger partial charge in [0.05, 0.1) is 10.8 Å². The second-order valence-electron chi connectivity index (χ2n) is 7.96. The van der Waals surface area contributed by atoms with E-state index in [-0.39, 0.29) is 22.8 Å². The zero-order chi connectivity index (χ0) is 21.5. The van der Waals surface area contributed by atoms with E-state index in [2.05, 4.69) is 15.2 Å². The summed E-state index contributed by atoms with van der Waals surface area (Å²) >= 11 is 0.